The molecule has 0 spiro atoms. The fourth-order valence-electron chi connectivity index (χ4n) is 2.95. The third-order valence-corrected chi connectivity index (χ3v) is 4.12. The molecule has 5 heteroatoms. The van der Waals surface area contributed by atoms with Crippen LogP contribution >= 0.6 is 24.8 Å². The van der Waals surface area contributed by atoms with Crippen LogP contribution in [0.2, 0.25) is 0 Å². The highest BCUT2D eigenvalue weighted by Crippen LogP contribution is 2.32. The van der Waals surface area contributed by atoms with E-state index < -0.39 is 0 Å². The summed E-state index contributed by atoms with van der Waals surface area (Å²) in [5.74, 6) is 1.01. The number of hydrogen-bond acceptors (Lipinski definition) is 2. The van der Waals surface area contributed by atoms with Gasteiger partial charge in [0.25, 0.3) is 0 Å². The number of allylic oxidation sites excluding steroid dienone is 1. The second-order valence-corrected chi connectivity index (χ2v) is 5.49. The van der Waals surface area contributed by atoms with E-state index in [1.54, 1.807) is 0 Å². The molecule has 1 fully saturated rings. The highest BCUT2D eigenvalue weighted by atomic mass is 35.5. The monoisotopic (exact) mass is 344 g/mol. The lowest BCUT2D eigenvalue weighted by molar-refractivity contribution is -0.130. The molecule has 3 nitrogen and oxygen atoms in total. The van der Waals surface area contributed by atoms with Gasteiger partial charge < -0.3 is 10.6 Å². The fourth-order valence-corrected chi connectivity index (χ4v) is 2.95. The maximum Gasteiger partial charge on any atom is 0.222 e. The van der Waals surface area contributed by atoms with Gasteiger partial charge in [-0.3, -0.25) is 4.79 Å². The molecule has 2 N–H and O–H groups in total. The average Bonchev–Trinajstić information content (AvgIpc) is 2.92. The zero-order valence-electron chi connectivity index (χ0n) is 12.8. The van der Waals surface area contributed by atoms with Gasteiger partial charge in [-0.25, -0.2) is 0 Å². The highest BCUT2D eigenvalue weighted by molar-refractivity contribution is 5.85. The normalized spacial score (nSPS) is 20.0. The van der Waals surface area contributed by atoms with Crippen LogP contribution in [0, 0.1) is 5.92 Å². The summed E-state index contributed by atoms with van der Waals surface area (Å²) in [5.41, 5.74) is 7.19. The number of nitrogens with zero attached hydrogens (tertiary/aromatic N) is 1. The molecule has 0 aromatic heterocycles. The number of halogens is 2. The van der Waals surface area contributed by atoms with Crippen LogP contribution in [0.3, 0.4) is 0 Å². The zero-order valence-corrected chi connectivity index (χ0v) is 14.5. The van der Waals surface area contributed by atoms with Crippen LogP contribution in [0.5, 0.6) is 0 Å². The molecule has 1 aromatic rings. The summed E-state index contributed by atoms with van der Waals surface area (Å²) in [5, 5.41) is 0. The van der Waals surface area contributed by atoms with Gasteiger partial charge in [0.15, 0.2) is 0 Å². The van der Waals surface area contributed by atoms with Gasteiger partial charge in [0.05, 0.1) is 0 Å². The molecule has 1 heterocycles. The molecule has 1 amide bonds. The molecule has 0 bridgehead atoms. The van der Waals surface area contributed by atoms with Crippen molar-refractivity contribution in [1.29, 1.82) is 0 Å². The van der Waals surface area contributed by atoms with E-state index in [0.29, 0.717) is 24.8 Å². The smallest absolute Gasteiger partial charge is 0.222 e. The number of likely N-dealkylation sites (tertiary alicyclic amines) is 1. The molecule has 22 heavy (non-hydrogen) atoms. The van der Waals surface area contributed by atoms with Gasteiger partial charge >= 0.3 is 0 Å². The van der Waals surface area contributed by atoms with Crippen molar-refractivity contribution in [3.05, 3.63) is 48.6 Å². The van der Waals surface area contributed by atoms with E-state index in [1.807, 2.05) is 17.0 Å². The van der Waals surface area contributed by atoms with Crippen molar-refractivity contribution in [3.63, 3.8) is 0 Å². The maximum atomic E-state index is 12.2. The van der Waals surface area contributed by atoms with Crippen molar-refractivity contribution in [2.24, 2.45) is 11.7 Å². The topological polar surface area (TPSA) is 46.3 Å². The van der Waals surface area contributed by atoms with E-state index in [-0.39, 0.29) is 30.7 Å². The van der Waals surface area contributed by atoms with Crippen LogP contribution in [0.1, 0.15) is 30.7 Å². The zero-order chi connectivity index (χ0) is 14.4. The van der Waals surface area contributed by atoms with Crippen LogP contribution in [0.4, 0.5) is 0 Å². The highest BCUT2D eigenvalue weighted by Gasteiger charge is 2.34. The maximum absolute atomic E-state index is 12.2. The third-order valence-electron chi connectivity index (χ3n) is 4.12. The van der Waals surface area contributed by atoms with Crippen LogP contribution in [-0.4, -0.2) is 30.4 Å². The quantitative estimate of drug-likeness (QED) is 0.635. The molecule has 0 saturated carbocycles. The molecule has 0 radical (unpaired) electrons. The van der Waals surface area contributed by atoms with Crippen molar-refractivity contribution < 1.29 is 4.79 Å². The van der Waals surface area contributed by atoms with E-state index in [4.69, 9.17) is 5.73 Å². The van der Waals surface area contributed by atoms with Crippen LogP contribution < -0.4 is 5.73 Å². The predicted octanol–water partition coefficient (Wildman–Crippen LogP) is 3.39. The Morgan fingerprint density at radius 2 is 1.95 bits per heavy atom. The van der Waals surface area contributed by atoms with Crippen LogP contribution in [0.15, 0.2) is 43.0 Å². The number of rotatable bonds is 6. The molecule has 2 rings (SSSR count). The summed E-state index contributed by atoms with van der Waals surface area (Å²) in [7, 11) is 0. The number of carbonyl (C=O) groups is 1. The van der Waals surface area contributed by atoms with E-state index in [2.05, 4.69) is 30.8 Å². The molecule has 0 unspecified atom stereocenters. The Labute approximate surface area is 145 Å². The van der Waals surface area contributed by atoms with Gasteiger partial charge in [-0.2, -0.15) is 0 Å². The molecule has 1 saturated heterocycles. The molecule has 1 aromatic carbocycles. The van der Waals surface area contributed by atoms with Gasteiger partial charge in [0.1, 0.15) is 0 Å². The molecule has 0 aliphatic carbocycles. The molecular formula is C17H26Cl2N2O. The van der Waals surface area contributed by atoms with Crippen molar-refractivity contribution in [2.45, 2.75) is 25.2 Å². The molecule has 1 aliphatic heterocycles. The van der Waals surface area contributed by atoms with Gasteiger partial charge in [-0.15, -0.1) is 31.4 Å². The predicted molar refractivity (Wildman–Crippen MR) is 96.9 cm³/mol. The first-order chi connectivity index (χ1) is 9.76. The lowest BCUT2D eigenvalue weighted by Gasteiger charge is -2.16. The van der Waals surface area contributed by atoms with E-state index in [0.717, 1.165) is 25.9 Å². The Balaban J connectivity index is 0.00000220. The summed E-state index contributed by atoms with van der Waals surface area (Å²) >= 11 is 0. The van der Waals surface area contributed by atoms with Gasteiger partial charge in [0.2, 0.25) is 5.91 Å². The van der Waals surface area contributed by atoms with Gasteiger partial charge in [-0.1, -0.05) is 36.4 Å². The van der Waals surface area contributed by atoms with Crippen molar-refractivity contribution in [3.8, 4) is 0 Å². The lowest BCUT2D eigenvalue weighted by Crippen LogP contribution is -2.29. The summed E-state index contributed by atoms with van der Waals surface area (Å²) in [4.78, 5) is 14.2. The molecule has 124 valence electrons. The average molecular weight is 345 g/mol. The van der Waals surface area contributed by atoms with Crippen molar-refractivity contribution >= 4 is 30.7 Å². The Bertz CT molecular complexity index is 453. The molecule has 1 aliphatic rings. The number of carbonyl (C=O) groups excluding carboxylic acids is 1. The number of unbranched alkanes of at least 4 members (excludes halogenated alkanes) is 1. The second kappa shape index (κ2) is 10.7. The molecular weight excluding hydrogens is 319 g/mol. The Kier molecular flexibility index (Phi) is 10.2. The Morgan fingerprint density at radius 1 is 1.27 bits per heavy atom. The standard InChI is InChI=1S/C17H24N2O.2ClH/c1-2-3-5-10-17(20)19-12-15(11-18)16(13-19)14-8-6-4-7-9-14;;/h2,4,6-9,15-16H,1,3,5,10-13,18H2;2*1H/t15-,16+;;/m1../s1. The number of nitrogens with two attached hydrogens (primary N) is 1. The number of benzene rings is 1. The minimum Gasteiger partial charge on any atom is -0.342 e. The van der Waals surface area contributed by atoms with Gasteiger partial charge in [0, 0.05) is 25.4 Å². The molecule has 2 atom stereocenters. The Hall–Kier alpha value is -1.03. The SMILES string of the molecule is C=CCCCC(=O)N1C[C@@H](CN)[C@H](c2ccccc2)C1.Cl.Cl. The largest absolute Gasteiger partial charge is 0.342 e. The van der Waals surface area contributed by atoms with Gasteiger partial charge in [-0.05, 0) is 30.9 Å². The summed E-state index contributed by atoms with van der Waals surface area (Å²) < 4.78 is 0. The van der Waals surface area contributed by atoms with E-state index >= 15 is 0 Å². The summed E-state index contributed by atoms with van der Waals surface area (Å²) in [6.45, 7) is 5.92. The first kappa shape index (κ1) is 21.0. The Morgan fingerprint density at radius 3 is 2.55 bits per heavy atom. The summed E-state index contributed by atoms with van der Waals surface area (Å²) in [6.07, 6.45) is 4.28. The fraction of sp³-hybridized carbons (Fsp3) is 0.471. The lowest BCUT2D eigenvalue weighted by atomic mass is 9.89. The number of hydrogen-bond donors (Lipinski definition) is 1. The minimum atomic E-state index is 0. The van der Waals surface area contributed by atoms with Crippen LogP contribution in [0.25, 0.3) is 0 Å². The van der Waals surface area contributed by atoms with Crippen molar-refractivity contribution in [1.82, 2.24) is 4.90 Å². The summed E-state index contributed by atoms with van der Waals surface area (Å²) in [6, 6.07) is 10.4. The second-order valence-electron chi connectivity index (χ2n) is 5.49. The first-order valence-electron chi connectivity index (χ1n) is 7.40. The first-order valence-corrected chi connectivity index (χ1v) is 7.40. The number of amides is 1. The van der Waals surface area contributed by atoms with Crippen LogP contribution in [-0.2, 0) is 4.79 Å². The third kappa shape index (κ3) is 5.31. The van der Waals surface area contributed by atoms with E-state index in [9.17, 15) is 4.79 Å². The van der Waals surface area contributed by atoms with E-state index in [1.165, 1.54) is 5.56 Å². The van der Waals surface area contributed by atoms with Crippen molar-refractivity contribution in [2.75, 3.05) is 19.6 Å². The minimum absolute atomic E-state index is 0.